The number of nitrogens with one attached hydrogen (secondary N) is 1. The molecule has 80 valence electrons. The lowest BCUT2D eigenvalue weighted by Crippen LogP contribution is -2.31. The smallest absolute Gasteiger partial charge is 0.113 e. The summed E-state index contributed by atoms with van der Waals surface area (Å²) in [7, 11) is 0. The molecule has 0 unspecified atom stereocenters. The topological polar surface area (TPSA) is 24.9 Å². The summed E-state index contributed by atoms with van der Waals surface area (Å²) in [6, 6.07) is 0. The van der Waals surface area contributed by atoms with Crippen molar-refractivity contribution in [1.29, 1.82) is 0 Å². The molecule has 0 saturated carbocycles. The second-order valence-corrected chi connectivity index (χ2v) is 6.89. The summed E-state index contributed by atoms with van der Waals surface area (Å²) in [5, 5.41) is 4.42. The molecule has 0 radical (unpaired) electrons. The Kier molecular flexibility index (Phi) is 4.70. The average Bonchev–Trinajstić information content (AvgIpc) is 2.51. The fourth-order valence-corrected chi connectivity index (χ4v) is 2.08. The molecule has 0 amide bonds. The van der Waals surface area contributed by atoms with E-state index in [2.05, 4.69) is 30.4 Å². The van der Waals surface area contributed by atoms with Crippen LogP contribution in [0.2, 0.25) is 4.34 Å². The van der Waals surface area contributed by atoms with E-state index in [9.17, 15) is 0 Å². The molecular weight excluding hydrogens is 236 g/mol. The highest BCUT2D eigenvalue weighted by Crippen LogP contribution is 2.21. The van der Waals surface area contributed by atoms with Crippen LogP contribution >= 0.6 is 34.7 Å². The van der Waals surface area contributed by atoms with Crippen molar-refractivity contribution in [2.24, 2.45) is 0 Å². The first-order valence-electron chi connectivity index (χ1n) is 4.39. The predicted octanol–water partition coefficient (Wildman–Crippen LogP) is 3.03. The standard InChI is InChI=1S/C9H15ClN2S2/c1-9(2,13-3)6-11-5-8-12-4-7(10)14-8/h4,11H,5-6H2,1-3H3. The molecule has 0 aromatic carbocycles. The number of hydrogen-bond acceptors (Lipinski definition) is 4. The molecule has 0 atom stereocenters. The van der Waals surface area contributed by atoms with E-state index in [1.807, 2.05) is 11.8 Å². The normalized spacial score (nSPS) is 12.0. The number of thiazole rings is 1. The van der Waals surface area contributed by atoms with Gasteiger partial charge >= 0.3 is 0 Å². The Bertz CT molecular complexity index is 286. The maximum Gasteiger partial charge on any atom is 0.113 e. The minimum Gasteiger partial charge on any atom is -0.309 e. The Balaban J connectivity index is 2.28. The van der Waals surface area contributed by atoms with Gasteiger partial charge in [-0.05, 0) is 20.1 Å². The molecule has 0 spiro atoms. The van der Waals surface area contributed by atoms with Gasteiger partial charge in [-0.15, -0.1) is 11.3 Å². The molecule has 5 heteroatoms. The van der Waals surface area contributed by atoms with Crippen molar-refractivity contribution in [2.45, 2.75) is 25.1 Å². The van der Waals surface area contributed by atoms with Crippen LogP contribution in [0.3, 0.4) is 0 Å². The molecule has 1 N–H and O–H groups in total. The lowest BCUT2D eigenvalue weighted by molar-refractivity contribution is 0.590. The first-order valence-corrected chi connectivity index (χ1v) is 6.81. The minimum atomic E-state index is 0.279. The molecule has 0 aliphatic heterocycles. The van der Waals surface area contributed by atoms with Crippen molar-refractivity contribution in [3.05, 3.63) is 15.5 Å². The van der Waals surface area contributed by atoms with Crippen molar-refractivity contribution >= 4 is 34.7 Å². The Labute approximate surface area is 98.5 Å². The van der Waals surface area contributed by atoms with Crippen LogP contribution in [0.4, 0.5) is 0 Å². The highest BCUT2D eigenvalue weighted by atomic mass is 35.5. The van der Waals surface area contributed by atoms with Crippen LogP contribution < -0.4 is 5.32 Å². The van der Waals surface area contributed by atoms with Gasteiger partial charge in [0.25, 0.3) is 0 Å². The van der Waals surface area contributed by atoms with E-state index in [1.54, 1.807) is 6.20 Å². The SMILES string of the molecule is CSC(C)(C)CNCc1ncc(Cl)s1. The third-order valence-electron chi connectivity index (χ3n) is 1.90. The van der Waals surface area contributed by atoms with Gasteiger partial charge in [-0.25, -0.2) is 4.98 Å². The first-order chi connectivity index (χ1) is 6.53. The van der Waals surface area contributed by atoms with Crippen LogP contribution in [0, 0.1) is 0 Å². The summed E-state index contributed by atoms with van der Waals surface area (Å²) >= 11 is 9.17. The highest BCUT2D eigenvalue weighted by molar-refractivity contribution is 7.99. The van der Waals surface area contributed by atoms with E-state index >= 15 is 0 Å². The van der Waals surface area contributed by atoms with Crippen molar-refractivity contribution in [1.82, 2.24) is 10.3 Å². The summed E-state index contributed by atoms with van der Waals surface area (Å²) in [6.07, 6.45) is 3.82. The predicted molar refractivity (Wildman–Crippen MR) is 66.4 cm³/mol. The van der Waals surface area contributed by atoms with Crippen LogP contribution in [0.1, 0.15) is 18.9 Å². The largest absolute Gasteiger partial charge is 0.309 e. The maximum atomic E-state index is 5.78. The lowest BCUT2D eigenvalue weighted by atomic mass is 10.2. The third-order valence-corrected chi connectivity index (χ3v) is 4.27. The zero-order valence-corrected chi connectivity index (χ0v) is 11.0. The van der Waals surface area contributed by atoms with E-state index in [1.165, 1.54) is 11.3 Å². The molecule has 1 rings (SSSR count). The molecule has 0 bridgehead atoms. The molecule has 0 fully saturated rings. The molecule has 0 aliphatic rings. The van der Waals surface area contributed by atoms with Gasteiger partial charge in [0.05, 0.1) is 6.20 Å². The second-order valence-electron chi connectivity index (χ2n) is 3.63. The zero-order chi connectivity index (χ0) is 10.6. The molecule has 0 saturated heterocycles. The Morgan fingerprint density at radius 3 is 2.86 bits per heavy atom. The summed E-state index contributed by atoms with van der Waals surface area (Å²) in [5.41, 5.74) is 0. The van der Waals surface area contributed by atoms with Gasteiger partial charge in [-0.2, -0.15) is 11.8 Å². The molecular formula is C9H15ClN2S2. The summed E-state index contributed by atoms with van der Waals surface area (Å²) in [6.45, 7) is 6.23. The van der Waals surface area contributed by atoms with Crippen LogP contribution in [0.25, 0.3) is 0 Å². The average molecular weight is 251 g/mol. The first kappa shape index (κ1) is 12.3. The van der Waals surface area contributed by atoms with Crippen LogP contribution in [-0.2, 0) is 6.54 Å². The van der Waals surface area contributed by atoms with E-state index in [4.69, 9.17) is 11.6 Å². The fourth-order valence-electron chi connectivity index (χ4n) is 0.912. The van der Waals surface area contributed by atoms with Crippen molar-refractivity contribution in [2.75, 3.05) is 12.8 Å². The molecule has 1 heterocycles. The monoisotopic (exact) mass is 250 g/mol. The van der Waals surface area contributed by atoms with Gasteiger partial charge in [-0.1, -0.05) is 11.6 Å². The van der Waals surface area contributed by atoms with Gasteiger partial charge in [0.15, 0.2) is 0 Å². The number of hydrogen-bond donors (Lipinski definition) is 1. The highest BCUT2D eigenvalue weighted by Gasteiger charge is 2.14. The number of aromatic nitrogens is 1. The lowest BCUT2D eigenvalue weighted by Gasteiger charge is -2.21. The number of halogens is 1. The third kappa shape index (κ3) is 4.17. The van der Waals surface area contributed by atoms with Crippen LogP contribution in [0.5, 0.6) is 0 Å². The van der Waals surface area contributed by atoms with Crippen molar-refractivity contribution in [3.8, 4) is 0 Å². The van der Waals surface area contributed by atoms with Gasteiger partial charge < -0.3 is 5.32 Å². The fraction of sp³-hybridized carbons (Fsp3) is 0.667. The van der Waals surface area contributed by atoms with E-state index in [-0.39, 0.29) is 4.75 Å². The van der Waals surface area contributed by atoms with Gasteiger partial charge in [0, 0.05) is 17.8 Å². The molecule has 14 heavy (non-hydrogen) atoms. The van der Waals surface area contributed by atoms with Crippen molar-refractivity contribution < 1.29 is 0 Å². The quantitative estimate of drug-likeness (QED) is 0.870. The number of nitrogens with zero attached hydrogens (tertiary/aromatic N) is 1. The van der Waals surface area contributed by atoms with Crippen LogP contribution in [-0.4, -0.2) is 22.5 Å². The molecule has 1 aromatic rings. The maximum absolute atomic E-state index is 5.78. The van der Waals surface area contributed by atoms with Crippen molar-refractivity contribution in [3.63, 3.8) is 0 Å². The zero-order valence-electron chi connectivity index (χ0n) is 8.63. The molecule has 2 nitrogen and oxygen atoms in total. The molecule has 1 aromatic heterocycles. The van der Waals surface area contributed by atoms with E-state index in [0.717, 1.165) is 22.4 Å². The Morgan fingerprint density at radius 1 is 1.64 bits per heavy atom. The Morgan fingerprint density at radius 2 is 2.36 bits per heavy atom. The summed E-state index contributed by atoms with van der Waals surface area (Å²) < 4.78 is 1.03. The number of thioether (sulfide) groups is 1. The second kappa shape index (κ2) is 5.35. The number of rotatable bonds is 5. The molecule has 0 aliphatic carbocycles. The van der Waals surface area contributed by atoms with Gasteiger partial charge in [0.1, 0.15) is 9.34 Å². The Hall–Kier alpha value is 0.230. The van der Waals surface area contributed by atoms with E-state index < -0.39 is 0 Å². The van der Waals surface area contributed by atoms with Gasteiger partial charge in [-0.3, -0.25) is 0 Å². The van der Waals surface area contributed by atoms with E-state index in [0.29, 0.717) is 0 Å². The van der Waals surface area contributed by atoms with Crippen LogP contribution in [0.15, 0.2) is 6.20 Å². The minimum absolute atomic E-state index is 0.279. The summed E-state index contributed by atoms with van der Waals surface area (Å²) in [5.74, 6) is 0. The van der Waals surface area contributed by atoms with Gasteiger partial charge in [0.2, 0.25) is 0 Å². The summed E-state index contributed by atoms with van der Waals surface area (Å²) in [4.78, 5) is 4.18.